The third-order valence-electron chi connectivity index (χ3n) is 3.85. The van der Waals surface area contributed by atoms with E-state index in [0.717, 1.165) is 28.5 Å². The molecule has 2 aromatic carbocycles. The highest BCUT2D eigenvalue weighted by Crippen LogP contribution is 2.31. The Kier molecular flexibility index (Phi) is 4.61. The van der Waals surface area contributed by atoms with Crippen LogP contribution in [0.15, 0.2) is 90.0 Å². The molecule has 0 spiro atoms. The molecule has 4 heteroatoms. The summed E-state index contributed by atoms with van der Waals surface area (Å²) in [6, 6.07) is 26.6. The second-order valence-corrected chi connectivity index (χ2v) is 6.64. The van der Waals surface area contributed by atoms with Crippen molar-refractivity contribution < 1.29 is 0 Å². The number of nitrogens with one attached hydrogen (secondary N) is 1. The molecule has 122 valence electrons. The van der Waals surface area contributed by atoms with Gasteiger partial charge in [0.05, 0.1) is 16.9 Å². The molecule has 2 heterocycles. The highest BCUT2D eigenvalue weighted by molar-refractivity contribution is 7.98. The molecule has 0 fully saturated rings. The van der Waals surface area contributed by atoms with Gasteiger partial charge in [-0.15, -0.1) is 11.8 Å². The summed E-state index contributed by atoms with van der Waals surface area (Å²) in [5, 5.41) is 4.56. The van der Waals surface area contributed by atoms with E-state index in [-0.39, 0.29) is 0 Å². The summed E-state index contributed by atoms with van der Waals surface area (Å²) in [5.74, 6) is 1.67. The van der Waals surface area contributed by atoms with E-state index in [1.165, 1.54) is 10.3 Å². The Morgan fingerprint density at radius 2 is 1.64 bits per heavy atom. The Balaban J connectivity index is 1.52. The summed E-state index contributed by atoms with van der Waals surface area (Å²) in [7, 11) is 0. The van der Waals surface area contributed by atoms with E-state index in [0.29, 0.717) is 0 Å². The molecule has 1 N–H and O–H groups in total. The molecule has 0 saturated carbocycles. The fourth-order valence-corrected chi connectivity index (χ4v) is 3.52. The average molecular weight is 343 g/mol. The summed E-state index contributed by atoms with van der Waals surface area (Å²) in [6.45, 7) is 0. The van der Waals surface area contributed by atoms with Crippen LogP contribution in [0.4, 0.5) is 11.5 Å². The zero-order chi connectivity index (χ0) is 16.9. The first-order valence-electron chi connectivity index (χ1n) is 8.13. The number of anilines is 2. The zero-order valence-corrected chi connectivity index (χ0v) is 14.4. The number of hydrogen-bond donors (Lipinski definition) is 1. The van der Waals surface area contributed by atoms with Crippen LogP contribution in [0.2, 0.25) is 0 Å². The number of rotatable bonds is 5. The molecule has 0 aliphatic heterocycles. The van der Waals surface area contributed by atoms with E-state index in [4.69, 9.17) is 4.98 Å². The Labute approximate surface area is 151 Å². The second-order valence-electron chi connectivity index (χ2n) is 5.62. The van der Waals surface area contributed by atoms with Crippen molar-refractivity contribution in [1.29, 1.82) is 0 Å². The first kappa shape index (κ1) is 15.7. The van der Waals surface area contributed by atoms with Crippen LogP contribution in [0.25, 0.3) is 10.9 Å². The van der Waals surface area contributed by atoms with Crippen molar-refractivity contribution in [2.45, 2.75) is 10.6 Å². The molecule has 0 aliphatic carbocycles. The molecule has 0 amide bonds. The van der Waals surface area contributed by atoms with Gasteiger partial charge in [0.2, 0.25) is 0 Å². The number of para-hydroxylation sites is 2. The number of thioether (sulfide) groups is 1. The number of hydrogen-bond acceptors (Lipinski definition) is 4. The summed E-state index contributed by atoms with van der Waals surface area (Å²) in [5.41, 5.74) is 3.18. The van der Waals surface area contributed by atoms with Gasteiger partial charge in [-0.25, -0.2) is 4.98 Å². The zero-order valence-electron chi connectivity index (χ0n) is 13.6. The molecule has 0 saturated heterocycles. The number of aromatic nitrogens is 2. The van der Waals surface area contributed by atoms with Crippen LogP contribution in [0, 0.1) is 0 Å². The highest BCUT2D eigenvalue weighted by Gasteiger charge is 2.05. The van der Waals surface area contributed by atoms with E-state index in [9.17, 15) is 0 Å². The van der Waals surface area contributed by atoms with E-state index in [1.54, 1.807) is 18.0 Å². The van der Waals surface area contributed by atoms with Crippen molar-refractivity contribution in [3.8, 4) is 0 Å². The largest absolute Gasteiger partial charge is 0.339 e. The molecule has 0 bridgehead atoms. The molecule has 0 aliphatic rings. The number of benzene rings is 2. The van der Waals surface area contributed by atoms with Crippen molar-refractivity contribution >= 4 is 34.2 Å². The maximum atomic E-state index is 4.75. The summed E-state index contributed by atoms with van der Waals surface area (Å²) < 4.78 is 0. The van der Waals surface area contributed by atoms with Crippen molar-refractivity contribution in [3.63, 3.8) is 0 Å². The van der Waals surface area contributed by atoms with Crippen molar-refractivity contribution in [2.24, 2.45) is 0 Å². The normalized spacial score (nSPS) is 10.7. The molecule has 0 radical (unpaired) electrons. The van der Waals surface area contributed by atoms with E-state index in [2.05, 4.69) is 52.8 Å². The number of fused-ring (bicyclic) bond motifs is 1. The lowest BCUT2D eigenvalue weighted by Gasteiger charge is -2.11. The Morgan fingerprint density at radius 1 is 0.800 bits per heavy atom. The summed E-state index contributed by atoms with van der Waals surface area (Å²) in [6.07, 6.45) is 1.79. The minimum atomic E-state index is 0.825. The van der Waals surface area contributed by atoms with Crippen molar-refractivity contribution in [2.75, 3.05) is 5.32 Å². The fourth-order valence-electron chi connectivity index (χ4n) is 2.61. The monoisotopic (exact) mass is 343 g/mol. The Bertz CT molecular complexity index is 986. The van der Waals surface area contributed by atoms with Gasteiger partial charge in [-0.1, -0.05) is 42.5 Å². The predicted octanol–water partition coefficient (Wildman–Crippen LogP) is 5.67. The van der Waals surface area contributed by atoms with Crippen LogP contribution in [0.1, 0.15) is 5.69 Å². The predicted molar refractivity (Wildman–Crippen MR) is 105 cm³/mol. The molecule has 0 atom stereocenters. The van der Waals surface area contributed by atoms with Gasteiger partial charge in [0.1, 0.15) is 5.82 Å². The first-order chi connectivity index (χ1) is 12.4. The Hall–Kier alpha value is -2.85. The first-order valence-corrected chi connectivity index (χ1v) is 9.12. The third-order valence-corrected chi connectivity index (χ3v) is 4.95. The van der Waals surface area contributed by atoms with E-state index in [1.807, 2.05) is 36.4 Å². The van der Waals surface area contributed by atoms with Gasteiger partial charge in [-0.2, -0.15) is 0 Å². The number of nitrogens with zero attached hydrogens (tertiary/aromatic N) is 2. The minimum Gasteiger partial charge on any atom is -0.339 e. The van der Waals surface area contributed by atoms with E-state index >= 15 is 0 Å². The van der Waals surface area contributed by atoms with Crippen LogP contribution in [0.5, 0.6) is 0 Å². The van der Waals surface area contributed by atoms with Crippen LogP contribution in [-0.2, 0) is 5.75 Å². The highest BCUT2D eigenvalue weighted by atomic mass is 32.2. The molecule has 25 heavy (non-hydrogen) atoms. The standard InChI is InChI=1S/C21H17N3S/c1-2-8-18-16(7-1)12-13-17(23-18)15-25-20-10-4-3-9-19(20)24-21-11-5-6-14-22-21/h1-14H,15H2,(H,22,24). The second kappa shape index (κ2) is 7.36. The number of pyridine rings is 2. The third kappa shape index (κ3) is 3.80. The molecule has 2 aromatic heterocycles. The van der Waals surface area contributed by atoms with Gasteiger partial charge >= 0.3 is 0 Å². The smallest absolute Gasteiger partial charge is 0.130 e. The average Bonchev–Trinajstić information content (AvgIpc) is 2.68. The lowest BCUT2D eigenvalue weighted by Crippen LogP contribution is -1.95. The van der Waals surface area contributed by atoms with Gasteiger partial charge < -0.3 is 5.32 Å². The van der Waals surface area contributed by atoms with Crippen LogP contribution in [-0.4, -0.2) is 9.97 Å². The van der Waals surface area contributed by atoms with Gasteiger partial charge in [0.15, 0.2) is 0 Å². The van der Waals surface area contributed by atoms with Gasteiger partial charge in [-0.3, -0.25) is 4.98 Å². The van der Waals surface area contributed by atoms with Gasteiger partial charge in [0.25, 0.3) is 0 Å². The van der Waals surface area contributed by atoms with Crippen LogP contribution < -0.4 is 5.32 Å². The molecule has 4 rings (SSSR count). The maximum Gasteiger partial charge on any atom is 0.130 e. The van der Waals surface area contributed by atoms with Crippen molar-refractivity contribution in [1.82, 2.24) is 9.97 Å². The topological polar surface area (TPSA) is 37.8 Å². The summed E-state index contributed by atoms with van der Waals surface area (Å²) >= 11 is 1.78. The minimum absolute atomic E-state index is 0.825. The SMILES string of the molecule is c1ccc(Nc2ccccc2SCc2ccc3ccccc3n2)nc1. The lowest BCUT2D eigenvalue weighted by molar-refractivity contribution is 1.22. The van der Waals surface area contributed by atoms with Crippen LogP contribution in [0.3, 0.4) is 0 Å². The van der Waals surface area contributed by atoms with Crippen LogP contribution >= 0.6 is 11.8 Å². The van der Waals surface area contributed by atoms with Gasteiger partial charge in [0, 0.05) is 22.2 Å². The molecular weight excluding hydrogens is 326 g/mol. The van der Waals surface area contributed by atoms with Crippen molar-refractivity contribution in [3.05, 3.63) is 90.8 Å². The van der Waals surface area contributed by atoms with Gasteiger partial charge in [-0.05, 0) is 36.4 Å². The molecule has 3 nitrogen and oxygen atoms in total. The molecule has 4 aromatic rings. The lowest BCUT2D eigenvalue weighted by atomic mass is 10.2. The maximum absolute atomic E-state index is 4.75. The molecular formula is C21H17N3S. The quantitative estimate of drug-likeness (QED) is 0.474. The van der Waals surface area contributed by atoms with E-state index < -0.39 is 0 Å². The Morgan fingerprint density at radius 3 is 2.56 bits per heavy atom. The summed E-state index contributed by atoms with van der Waals surface area (Å²) in [4.78, 5) is 10.3. The fraction of sp³-hybridized carbons (Fsp3) is 0.0476. The molecule has 0 unspecified atom stereocenters.